The Morgan fingerprint density at radius 3 is 2.38 bits per heavy atom. The van der Waals surface area contributed by atoms with Crippen molar-refractivity contribution >= 4 is 11.8 Å². The molecular weight excluding hydrogens is 302 g/mol. The maximum atomic E-state index is 12.7. The molecule has 5 heteroatoms. The van der Waals surface area contributed by atoms with E-state index in [-0.39, 0.29) is 23.8 Å². The Morgan fingerprint density at radius 1 is 1.21 bits per heavy atom. The van der Waals surface area contributed by atoms with Gasteiger partial charge in [0.25, 0.3) is 0 Å². The number of hydrogen-bond acceptors (Lipinski definition) is 3. The van der Waals surface area contributed by atoms with Gasteiger partial charge in [0.1, 0.15) is 6.04 Å². The molecule has 1 fully saturated rings. The van der Waals surface area contributed by atoms with Gasteiger partial charge in [0.2, 0.25) is 11.8 Å². The lowest BCUT2D eigenvalue weighted by Crippen LogP contribution is -2.46. The van der Waals surface area contributed by atoms with Gasteiger partial charge in [0.15, 0.2) is 0 Å². The van der Waals surface area contributed by atoms with Crippen molar-refractivity contribution in [1.29, 1.82) is 0 Å². The molecular formula is C19H29N3O2. The Morgan fingerprint density at radius 2 is 1.83 bits per heavy atom. The second-order valence-corrected chi connectivity index (χ2v) is 6.65. The second kappa shape index (κ2) is 8.83. The van der Waals surface area contributed by atoms with E-state index >= 15 is 0 Å². The molecule has 1 N–H and O–H groups in total. The van der Waals surface area contributed by atoms with Gasteiger partial charge in [0, 0.05) is 26.6 Å². The standard InChI is InChI=1S/C19H29N3O2/c1-4-12-20-18(23)16-10-13-22(14-11-16)17(19(24)21(2)3)15-8-6-5-7-9-15/h5-9,16-17H,4,10-14H2,1-3H3,(H,20,23). The van der Waals surface area contributed by atoms with Crippen LogP contribution in [0.1, 0.15) is 37.8 Å². The summed E-state index contributed by atoms with van der Waals surface area (Å²) in [4.78, 5) is 28.7. The first kappa shape index (κ1) is 18.5. The molecule has 1 aliphatic heterocycles. The van der Waals surface area contributed by atoms with E-state index in [1.807, 2.05) is 30.3 Å². The van der Waals surface area contributed by atoms with Crippen molar-refractivity contribution in [2.45, 2.75) is 32.2 Å². The zero-order valence-electron chi connectivity index (χ0n) is 15.0. The van der Waals surface area contributed by atoms with Gasteiger partial charge in [-0.1, -0.05) is 37.3 Å². The quantitative estimate of drug-likeness (QED) is 0.868. The number of nitrogens with zero attached hydrogens (tertiary/aromatic N) is 2. The minimum atomic E-state index is -0.263. The fourth-order valence-electron chi connectivity index (χ4n) is 3.20. The fraction of sp³-hybridized carbons (Fsp3) is 0.579. The lowest BCUT2D eigenvalue weighted by Gasteiger charge is -2.37. The molecule has 0 saturated carbocycles. The summed E-state index contributed by atoms with van der Waals surface area (Å²) < 4.78 is 0. The topological polar surface area (TPSA) is 52.7 Å². The van der Waals surface area contributed by atoms with E-state index in [1.165, 1.54) is 0 Å². The highest BCUT2D eigenvalue weighted by atomic mass is 16.2. The summed E-state index contributed by atoms with van der Waals surface area (Å²) in [5.41, 5.74) is 1.02. The van der Waals surface area contributed by atoms with Crippen molar-refractivity contribution in [3.63, 3.8) is 0 Å². The van der Waals surface area contributed by atoms with Crippen molar-refractivity contribution in [2.24, 2.45) is 5.92 Å². The zero-order chi connectivity index (χ0) is 17.5. The van der Waals surface area contributed by atoms with Crippen LogP contribution >= 0.6 is 0 Å². The molecule has 0 spiro atoms. The number of amides is 2. The minimum Gasteiger partial charge on any atom is -0.356 e. The first-order chi connectivity index (χ1) is 11.5. The van der Waals surface area contributed by atoms with Crippen LogP contribution in [0.15, 0.2) is 30.3 Å². The summed E-state index contributed by atoms with van der Waals surface area (Å²) in [6.45, 7) is 4.33. The van der Waals surface area contributed by atoms with Crippen LogP contribution in [-0.4, -0.2) is 55.3 Å². The van der Waals surface area contributed by atoms with Crippen LogP contribution in [0, 0.1) is 5.92 Å². The average molecular weight is 331 g/mol. The second-order valence-electron chi connectivity index (χ2n) is 6.65. The van der Waals surface area contributed by atoms with Crippen LogP contribution in [-0.2, 0) is 9.59 Å². The lowest BCUT2D eigenvalue weighted by atomic mass is 9.93. The molecule has 1 unspecified atom stereocenters. The lowest BCUT2D eigenvalue weighted by molar-refractivity contribution is -0.135. The summed E-state index contributed by atoms with van der Waals surface area (Å²) >= 11 is 0. The molecule has 24 heavy (non-hydrogen) atoms. The molecule has 0 bridgehead atoms. The smallest absolute Gasteiger partial charge is 0.244 e. The summed E-state index contributed by atoms with van der Waals surface area (Å²) in [6.07, 6.45) is 2.57. The largest absolute Gasteiger partial charge is 0.356 e. The van der Waals surface area contributed by atoms with Gasteiger partial charge in [-0.05, 0) is 37.9 Å². The number of likely N-dealkylation sites (tertiary alicyclic amines) is 1. The molecule has 1 aromatic rings. The summed E-state index contributed by atoms with van der Waals surface area (Å²) in [6, 6.07) is 9.65. The van der Waals surface area contributed by atoms with Gasteiger partial charge in [-0.15, -0.1) is 0 Å². The van der Waals surface area contributed by atoms with Gasteiger partial charge in [-0.3, -0.25) is 14.5 Å². The van der Waals surface area contributed by atoms with Gasteiger partial charge in [-0.25, -0.2) is 0 Å². The number of likely N-dealkylation sites (N-methyl/N-ethyl adjacent to an activating group) is 1. The van der Waals surface area contributed by atoms with Crippen molar-refractivity contribution in [3.05, 3.63) is 35.9 Å². The van der Waals surface area contributed by atoms with Gasteiger partial charge in [0.05, 0.1) is 0 Å². The van der Waals surface area contributed by atoms with Crippen molar-refractivity contribution < 1.29 is 9.59 Å². The minimum absolute atomic E-state index is 0.0682. The molecule has 2 rings (SSSR count). The van der Waals surface area contributed by atoms with E-state index < -0.39 is 0 Å². The number of rotatable bonds is 6. The Kier molecular flexibility index (Phi) is 6.79. The number of carbonyl (C=O) groups excluding carboxylic acids is 2. The summed E-state index contributed by atoms with van der Waals surface area (Å²) in [7, 11) is 3.59. The van der Waals surface area contributed by atoms with Crippen molar-refractivity contribution in [2.75, 3.05) is 33.7 Å². The maximum absolute atomic E-state index is 12.7. The molecule has 1 saturated heterocycles. The van der Waals surface area contributed by atoms with Crippen LogP contribution in [0.3, 0.4) is 0 Å². The molecule has 0 aliphatic carbocycles. The number of nitrogens with one attached hydrogen (secondary N) is 1. The van der Waals surface area contributed by atoms with Gasteiger partial charge in [-0.2, -0.15) is 0 Å². The molecule has 1 atom stereocenters. The average Bonchev–Trinajstić information content (AvgIpc) is 2.61. The highest BCUT2D eigenvalue weighted by Crippen LogP contribution is 2.28. The highest BCUT2D eigenvalue weighted by Gasteiger charge is 2.33. The predicted molar refractivity (Wildman–Crippen MR) is 95.5 cm³/mol. The Bertz CT molecular complexity index is 537. The fourth-order valence-corrected chi connectivity index (χ4v) is 3.20. The number of carbonyl (C=O) groups is 2. The van der Waals surface area contributed by atoms with Gasteiger partial charge >= 0.3 is 0 Å². The summed E-state index contributed by atoms with van der Waals surface area (Å²) in [5, 5.41) is 2.99. The van der Waals surface area contributed by atoms with E-state index in [1.54, 1.807) is 19.0 Å². The van der Waals surface area contributed by atoms with Crippen LogP contribution in [0.25, 0.3) is 0 Å². The molecule has 1 aliphatic rings. The Labute approximate surface area is 145 Å². The first-order valence-electron chi connectivity index (χ1n) is 8.82. The third-order valence-electron chi connectivity index (χ3n) is 4.60. The van der Waals surface area contributed by atoms with Crippen LogP contribution in [0.4, 0.5) is 0 Å². The Hall–Kier alpha value is -1.88. The molecule has 0 aromatic heterocycles. The highest BCUT2D eigenvalue weighted by molar-refractivity contribution is 5.83. The predicted octanol–water partition coefficient (Wildman–Crippen LogP) is 2.05. The first-order valence-corrected chi connectivity index (χ1v) is 8.82. The molecule has 5 nitrogen and oxygen atoms in total. The van der Waals surface area contributed by atoms with E-state index in [9.17, 15) is 9.59 Å². The van der Waals surface area contributed by atoms with Crippen LogP contribution < -0.4 is 5.32 Å². The number of benzene rings is 1. The van der Waals surface area contributed by atoms with Crippen LogP contribution in [0.2, 0.25) is 0 Å². The van der Waals surface area contributed by atoms with Crippen molar-refractivity contribution in [3.8, 4) is 0 Å². The van der Waals surface area contributed by atoms with E-state index in [0.717, 1.165) is 44.5 Å². The van der Waals surface area contributed by atoms with Crippen LogP contribution in [0.5, 0.6) is 0 Å². The monoisotopic (exact) mass is 331 g/mol. The zero-order valence-corrected chi connectivity index (χ0v) is 15.0. The van der Waals surface area contributed by atoms with E-state index in [4.69, 9.17) is 0 Å². The maximum Gasteiger partial charge on any atom is 0.244 e. The summed E-state index contributed by atoms with van der Waals surface area (Å²) in [5.74, 6) is 0.320. The SMILES string of the molecule is CCCNC(=O)C1CCN(C(C(=O)N(C)C)c2ccccc2)CC1. The number of hydrogen-bond donors (Lipinski definition) is 1. The van der Waals surface area contributed by atoms with E-state index in [0.29, 0.717) is 0 Å². The molecule has 1 aromatic carbocycles. The third kappa shape index (κ3) is 4.57. The molecule has 1 heterocycles. The van der Waals surface area contributed by atoms with E-state index in [2.05, 4.69) is 17.1 Å². The third-order valence-corrected chi connectivity index (χ3v) is 4.60. The van der Waals surface area contributed by atoms with Gasteiger partial charge < -0.3 is 10.2 Å². The van der Waals surface area contributed by atoms with Crippen molar-refractivity contribution in [1.82, 2.24) is 15.1 Å². The Balaban J connectivity index is 2.05. The molecule has 132 valence electrons. The number of piperidine rings is 1. The normalized spacial score (nSPS) is 17.3. The molecule has 0 radical (unpaired) electrons. The molecule has 2 amide bonds.